The monoisotopic (exact) mass is 347 g/mol. The number of hydrogen-bond donors (Lipinski definition) is 1. The molecule has 0 radical (unpaired) electrons. The van der Waals surface area contributed by atoms with Crippen molar-refractivity contribution in [1.29, 1.82) is 21.2 Å². The van der Waals surface area contributed by atoms with Crippen molar-refractivity contribution in [3.63, 3.8) is 0 Å². The van der Waals surface area contributed by atoms with Crippen molar-refractivity contribution in [2.75, 3.05) is 0 Å². The molecule has 26 heavy (non-hydrogen) atoms. The second-order valence-electron chi connectivity index (χ2n) is 7.13. The molecule has 1 aromatic heterocycles. The highest BCUT2D eigenvalue weighted by Gasteiger charge is 2.80. The van der Waals surface area contributed by atoms with Gasteiger partial charge in [0.25, 0.3) is 0 Å². The Bertz CT molecular complexity index is 866. The zero-order valence-corrected chi connectivity index (χ0v) is 14.1. The zero-order valence-electron chi connectivity index (χ0n) is 14.1. The summed E-state index contributed by atoms with van der Waals surface area (Å²) >= 11 is 0. The minimum atomic E-state index is -1.88. The van der Waals surface area contributed by atoms with Crippen molar-refractivity contribution in [2.24, 2.45) is 16.7 Å². The van der Waals surface area contributed by atoms with E-state index < -0.39 is 28.6 Å². The number of nitrogens with one attached hydrogen (secondary N) is 1. The third-order valence-electron chi connectivity index (χ3n) is 6.05. The van der Waals surface area contributed by atoms with Crippen molar-refractivity contribution >= 4 is 5.90 Å². The summed E-state index contributed by atoms with van der Waals surface area (Å²) in [6, 6.07) is 9.72. The highest BCUT2D eigenvalue weighted by atomic mass is 16.7. The van der Waals surface area contributed by atoms with E-state index in [0.29, 0.717) is 18.4 Å². The van der Waals surface area contributed by atoms with Crippen molar-refractivity contribution in [3.05, 3.63) is 30.1 Å². The molecule has 3 heterocycles. The SMILES string of the molecule is N#CC1(C#N)[C@@H](c2cccnc2)O[C@@]23CCCCC[C@H]2[C@@]1(C#N)C(=N)O3. The van der Waals surface area contributed by atoms with Gasteiger partial charge in [-0.1, -0.05) is 18.9 Å². The second-order valence-corrected chi connectivity index (χ2v) is 7.13. The lowest BCUT2D eigenvalue weighted by molar-refractivity contribution is -0.285. The van der Waals surface area contributed by atoms with Crippen LogP contribution in [0.5, 0.6) is 0 Å². The van der Waals surface area contributed by atoms with Crippen molar-refractivity contribution < 1.29 is 9.47 Å². The summed E-state index contributed by atoms with van der Waals surface area (Å²) in [5.74, 6) is -1.97. The molecular formula is C19H17N5O2. The quantitative estimate of drug-likeness (QED) is 0.832. The number of nitrogens with zero attached hydrogens (tertiary/aromatic N) is 4. The average molecular weight is 347 g/mol. The minimum Gasteiger partial charge on any atom is -0.447 e. The molecule has 7 nitrogen and oxygen atoms in total. The van der Waals surface area contributed by atoms with Crippen LogP contribution in [-0.2, 0) is 9.47 Å². The van der Waals surface area contributed by atoms with Crippen molar-refractivity contribution in [2.45, 2.75) is 44.0 Å². The fourth-order valence-electron chi connectivity index (χ4n) is 4.87. The first-order chi connectivity index (χ1) is 12.6. The summed E-state index contributed by atoms with van der Waals surface area (Å²) in [6.07, 6.45) is 5.89. The van der Waals surface area contributed by atoms with E-state index in [0.717, 1.165) is 19.3 Å². The fraction of sp³-hybridized carbons (Fsp3) is 0.526. The van der Waals surface area contributed by atoms with E-state index in [1.54, 1.807) is 18.3 Å². The molecule has 0 unspecified atom stereocenters. The Kier molecular flexibility index (Phi) is 3.51. The third kappa shape index (κ3) is 1.72. The fourth-order valence-corrected chi connectivity index (χ4v) is 4.87. The molecule has 1 saturated carbocycles. The first-order valence-corrected chi connectivity index (χ1v) is 8.70. The van der Waals surface area contributed by atoms with Crippen LogP contribution in [0.2, 0.25) is 0 Å². The maximum Gasteiger partial charge on any atom is 0.217 e. The van der Waals surface area contributed by atoms with Gasteiger partial charge in [-0.2, -0.15) is 15.8 Å². The predicted molar refractivity (Wildman–Crippen MR) is 87.9 cm³/mol. The molecule has 7 heteroatoms. The topological polar surface area (TPSA) is 127 Å². The maximum atomic E-state index is 10.2. The third-order valence-corrected chi connectivity index (χ3v) is 6.05. The standard InChI is InChI=1S/C19H17N5O2/c20-10-17(11-21)15(13-5-4-8-24-9-13)25-19-7-3-1-2-6-14(19)18(17,12-22)16(23)26-19/h4-5,8-9,14-15,23H,1-3,6-7H2/t14-,15+,18-,19+/m0/s1. The molecule has 130 valence electrons. The normalized spacial score (nSPS) is 37.2. The van der Waals surface area contributed by atoms with Crippen LogP contribution in [0.25, 0.3) is 0 Å². The van der Waals surface area contributed by atoms with Crippen LogP contribution in [0.4, 0.5) is 0 Å². The van der Waals surface area contributed by atoms with E-state index in [1.807, 2.05) is 0 Å². The second kappa shape index (κ2) is 5.53. The minimum absolute atomic E-state index is 0.318. The summed E-state index contributed by atoms with van der Waals surface area (Å²) in [5.41, 5.74) is -2.99. The highest BCUT2D eigenvalue weighted by molar-refractivity contribution is 5.89. The Hall–Kier alpha value is -2.95. The first kappa shape index (κ1) is 16.5. The van der Waals surface area contributed by atoms with Gasteiger partial charge in [0.05, 0.1) is 24.1 Å². The van der Waals surface area contributed by atoms with Gasteiger partial charge in [-0.05, 0) is 18.9 Å². The van der Waals surface area contributed by atoms with Crippen molar-refractivity contribution in [3.8, 4) is 18.2 Å². The van der Waals surface area contributed by atoms with Gasteiger partial charge in [0.2, 0.25) is 17.1 Å². The Labute approximate surface area is 151 Å². The lowest BCUT2D eigenvalue weighted by Crippen LogP contribution is -2.59. The Morgan fingerprint density at radius 2 is 1.96 bits per heavy atom. The van der Waals surface area contributed by atoms with Gasteiger partial charge in [0, 0.05) is 24.4 Å². The van der Waals surface area contributed by atoms with E-state index in [9.17, 15) is 15.8 Å². The molecule has 3 fully saturated rings. The molecule has 2 saturated heterocycles. The van der Waals surface area contributed by atoms with E-state index in [1.165, 1.54) is 6.20 Å². The van der Waals surface area contributed by atoms with E-state index in [-0.39, 0.29) is 5.90 Å². The first-order valence-electron chi connectivity index (χ1n) is 8.70. The summed E-state index contributed by atoms with van der Waals surface area (Å²) in [6.45, 7) is 0. The number of aromatic nitrogens is 1. The van der Waals surface area contributed by atoms with Crippen LogP contribution >= 0.6 is 0 Å². The van der Waals surface area contributed by atoms with Crippen LogP contribution in [0.3, 0.4) is 0 Å². The van der Waals surface area contributed by atoms with Gasteiger partial charge in [0.15, 0.2) is 5.41 Å². The van der Waals surface area contributed by atoms with Gasteiger partial charge in [0.1, 0.15) is 6.10 Å². The van der Waals surface area contributed by atoms with E-state index in [2.05, 4.69) is 23.2 Å². The molecular weight excluding hydrogens is 330 g/mol. The van der Waals surface area contributed by atoms with Crippen LogP contribution in [0.1, 0.15) is 43.8 Å². The molecule has 2 aliphatic heterocycles. The Morgan fingerprint density at radius 3 is 2.62 bits per heavy atom. The van der Waals surface area contributed by atoms with Crippen LogP contribution in [0, 0.1) is 56.2 Å². The van der Waals surface area contributed by atoms with E-state index >= 15 is 0 Å². The lowest BCUT2D eigenvalue weighted by Gasteiger charge is -2.49. The number of rotatable bonds is 1. The molecule has 1 aromatic rings. The summed E-state index contributed by atoms with van der Waals surface area (Å²) in [5, 5.41) is 38.8. The van der Waals surface area contributed by atoms with Crippen LogP contribution in [0.15, 0.2) is 24.5 Å². The molecule has 2 bridgehead atoms. The maximum absolute atomic E-state index is 10.2. The largest absolute Gasteiger partial charge is 0.447 e. The molecule has 0 aromatic carbocycles. The van der Waals surface area contributed by atoms with Gasteiger partial charge >= 0.3 is 0 Å². The van der Waals surface area contributed by atoms with Gasteiger partial charge in [-0.3, -0.25) is 10.4 Å². The van der Waals surface area contributed by atoms with Crippen molar-refractivity contribution in [1.82, 2.24) is 4.98 Å². The number of hydrogen-bond acceptors (Lipinski definition) is 7. The molecule has 3 aliphatic rings. The zero-order chi connectivity index (χ0) is 18.4. The average Bonchev–Trinajstić information content (AvgIpc) is 2.81. The highest BCUT2D eigenvalue weighted by Crippen LogP contribution is 2.68. The summed E-state index contributed by atoms with van der Waals surface area (Å²) in [7, 11) is 0. The molecule has 4 rings (SSSR count). The van der Waals surface area contributed by atoms with Gasteiger partial charge < -0.3 is 9.47 Å². The summed E-state index contributed by atoms with van der Waals surface area (Å²) in [4.78, 5) is 4.08. The van der Waals surface area contributed by atoms with Gasteiger partial charge in [-0.15, -0.1) is 0 Å². The Balaban J connectivity index is 2.01. The van der Waals surface area contributed by atoms with Crippen LogP contribution in [-0.4, -0.2) is 16.7 Å². The lowest BCUT2D eigenvalue weighted by atomic mass is 9.52. The molecule has 0 amide bonds. The van der Waals surface area contributed by atoms with E-state index in [4.69, 9.17) is 14.9 Å². The van der Waals surface area contributed by atoms with Crippen LogP contribution < -0.4 is 0 Å². The number of ether oxygens (including phenoxy) is 2. The molecule has 0 spiro atoms. The molecule has 4 atom stereocenters. The molecule has 1 N–H and O–H groups in total. The smallest absolute Gasteiger partial charge is 0.217 e. The molecule has 1 aliphatic carbocycles. The predicted octanol–water partition coefficient (Wildman–Crippen LogP) is 2.98. The van der Waals surface area contributed by atoms with Gasteiger partial charge in [-0.25, -0.2) is 0 Å². The number of nitriles is 3. The Morgan fingerprint density at radius 1 is 1.15 bits per heavy atom. The summed E-state index contributed by atoms with van der Waals surface area (Å²) < 4.78 is 12.2. The number of pyridine rings is 1.